The third-order valence-electron chi connectivity index (χ3n) is 3.40. The summed E-state index contributed by atoms with van der Waals surface area (Å²) in [6.07, 6.45) is 0.779. The lowest BCUT2D eigenvalue weighted by Gasteiger charge is -2.13. The van der Waals surface area contributed by atoms with Crippen molar-refractivity contribution in [2.24, 2.45) is 0 Å². The van der Waals surface area contributed by atoms with Crippen LogP contribution < -0.4 is 10.1 Å². The molecule has 0 aliphatic rings. The number of nitrogens with zero attached hydrogens (tertiary/aromatic N) is 2. The van der Waals surface area contributed by atoms with E-state index in [1.807, 2.05) is 26.0 Å². The molecule has 0 aliphatic carbocycles. The molecular formula is C17H23N3O. The van der Waals surface area contributed by atoms with Gasteiger partial charge in [-0.25, -0.2) is 4.98 Å². The van der Waals surface area contributed by atoms with Gasteiger partial charge in [0.05, 0.1) is 0 Å². The van der Waals surface area contributed by atoms with Gasteiger partial charge in [0.15, 0.2) is 0 Å². The Hall–Kier alpha value is -2.10. The first-order chi connectivity index (χ1) is 10.0. The molecule has 1 N–H and O–H groups in total. The van der Waals surface area contributed by atoms with Gasteiger partial charge in [-0.2, -0.15) is 4.98 Å². The van der Waals surface area contributed by atoms with Crippen LogP contribution in [0.4, 0.5) is 5.82 Å². The Morgan fingerprint density at radius 2 is 1.81 bits per heavy atom. The molecule has 0 amide bonds. The van der Waals surface area contributed by atoms with Gasteiger partial charge in [-0.05, 0) is 50.5 Å². The van der Waals surface area contributed by atoms with Crippen LogP contribution in [0.2, 0.25) is 0 Å². The molecule has 0 saturated carbocycles. The molecule has 1 heterocycles. The fraction of sp³-hybridized carbons (Fsp3) is 0.412. The second-order valence-corrected chi connectivity index (χ2v) is 5.20. The van der Waals surface area contributed by atoms with E-state index in [0.717, 1.165) is 35.9 Å². The number of aromatic nitrogens is 2. The molecule has 112 valence electrons. The second kappa shape index (κ2) is 6.57. The fourth-order valence-electron chi connectivity index (χ4n) is 2.17. The molecule has 1 aromatic heterocycles. The molecule has 1 aromatic carbocycles. The predicted octanol–water partition coefficient (Wildman–Crippen LogP) is 4.19. The molecule has 0 unspecified atom stereocenters. The second-order valence-electron chi connectivity index (χ2n) is 5.20. The molecule has 0 bridgehead atoms. The molecule has 4 nitrogen and oxygen atoms in total. The van der Waals surface area contributed by atoms with E-state index in [9.17, 15) is 0 Å². The number of hydrogen-bond acceptors (Lipinski definition) is 4. The summed E-state index contributed by atoms with van der Waals surface area (Å²) in [6, 6.07) is 6.05. The highest BCUT2D eigenvalue weighted by molar-refractivity contribution is 5.45. The lowest BCUT2D eigenvalue weighted by Crippen LogP contribution is -2.04. The Morgan fingerprint density at radius 1 is 1.05 bits per heavy atom. The predicted molar refractivity (Wildman–Crippen MR) is 86.3 cm³/mol. The summed E-state index contributed by atoms with van der Waals surface area (Å²) < 4.78 is 6.01. The Kier molecular flexibility index (Phi) is 4.78. The minimum Gasteiger partial charge on any atom is -0.439 e. The molecule has 2 aromatic rings. The molecule has 0 saturated heterocycles. The largest absolute Gasteiger partial charge is 0.439 e. The molecule has 0 spiro atoms. The van der Waals surface area contributed by atoms with Crippen molar-refractivity contribution in [3.8, 4) is 11.6 Å². The average Bonchev–Trinajstić information content (AvgIpc) is 2.44. The van der Waals surface area contributed by atoms with Crippen LogP contribution in [0.5, 0.6) is 11.6 Å². The van der Waals surface area contributed by atoms with E-state index in [2.05, 4.69) is 42.1 Å². The van der Waals surface area contributed by atoms with E-state index >= 15 is 0 Å². The zero-order valence-corrected chi connectivity index (χ0v) is 13.4. The van der Waals surface area contributed by atoms with Gasteiger partial charge in [0.1, 0.15) is 17.4 Å². The molecular weight excluding hydrogens is 262 g/mol. The Bertz CT molecular complexity index is 638. The van der Waals surface area contributed by atoms with Crippen molar-refractivity contribution in [1.82, 2.24) is 9.97 Å². The van der Waals surface area contributed by atoms with Crippen molar-refractivity contribution < 1.29 is 4.74 Å². The number of ether oxygens (including phenoxy) is 1. The monoisotopic (exact) mass is 285 g/mol. The Labute approximate surface area is 126 Å². The highest BCUT2D eigenvalue weighted by Gasteiger charge is 2.09. The molecule has 0 atom stereocenters. The van der Waals surface area contributed by atoms with Gasteiger partial charge < -0.3 is 10.1 Å². The van der Waals surface area contributed by atoms with Crippen molar-refractivity contribution >= 4 is 5.82 Å². The van der Waals surface area contributed by atoms with Gasteiger partial charge in [0.2, 0.25) is 5.88 Å². The highest BCUT2D eigenvalue weighted by Crippen LogP contribution is 2.28. The van der Waals surface area contributed by atoms with Crippen molar-refractivity contribution in [2.45, 2.75) is 41.0 Å². The van der Waals surface area contributed by atoms with Crippen molar-refractivity contribution in [3.63, 3.8) is 0 Å². The first-order valence-corrected chi connectivity index (χ1v) is 7.41. The molecule has 0 fully saturated rings. The first kappa shape index (κ1) is 15.3. The standard InChI is InChI=1S/C17H23N3O/c1-6-15-19-16(18-7-2)10-17(20-15)21-14-9-11(3)8-12(4)13(14)5/h8-10H,6-7H2,1-5H3,(H,18,19,20). The van der Waals surface area contributed by atoms with Crippen LogP contribution in [0.3, 0.4) is 0 Å². The zero-order valence-electron chi connectivity index (χ0n) is 13.4. The van der Waals surface area contributed by atoms with E-state index in [0.29, 0.717) is 5.88 Å². The summed E-state index contributed by atoms with van der Waals surface area (Å²) in [5.74, 6) is 3.04. The minimum atomic E-state index is 0.589. The van der Waals surface area contributed by atoms with Crippen molar-refractivity contribution in [2.75, 3.05) is 11.9 Å². The van der Waals surface area contributed by atoms with Gasteiger partial charge in [0.25, 0.3) is 0 Å². The summed E-state index contributed by atoms with van der Waals surface area (Å²) in [5, 5.41) is 3.21. The number of anilines is 1. The summed E-state index contributed by atoms with van der Waals surface area (Å²) in [4.78, 5) is 8.90. The summed E-state index contributed by atoms with van der Waals surface area (Å²) in [7, 11) is 0. The van der Waals surface area contributed by atoms with E-state index in [1.54, 1.807) is 0 Å². The zero-order chi connectivity index (χ0) is 15.4. The van der Waals surface area contributed by atoms with Crippen LogP contribution in [-0.2, 0) is 6.42 Å². The van der Waals surface area contributed by atoms with Gasteiger partial charge in [-0.3, -0.25) is 0 Å². The van der Waals surface area contributed by atoms with Crippen LogP contribution in [0.25, 0.3) is 0 Å². The van der Waals surface area contributed by atoms with Crippen molar-refractivity contribution in [3.05, 3.63) is 40.7 Å². The SMILES string of the molecule is CCNc1cc(Oc2cc(C)cc(C)c2C)nc(CC)n1. The number of aryl methyl sites for hydroxylation is 3. The van der Waals surface area contributed by atoms with Gasteiger partial charge >= 0.3 is 0 Å². The Balaban J connectivity index is 2.37. The van der Waals surface area contributed by atoms with Crippen molar-refractivity contribution in [1.29, 1.82) is 0 Å². The van der Waals surface area contributed by atoms with Crippen LogP contribution in [0.15, 0.2) is 18.2 Å². The lowest BCUT2D eigenvalue weighted by molar-refractivity contribution is 0.455. The number of nitrogens with one attached hydrogen (secondary N) is 1. The van der Waals surface area contributed by atoms with Crippen LogP contribution in [0.1, 0.15) is 36.4 Å². The maximum absolute atomic E-state index is 6.01. The van der Waals surface area contributed by atoms with Crippen LogP contribution in [0, 0.1) is 20.8 Å². The maximum Gasteiger partial charge on any atom is 0.224 e. The number of hydrogen-bond donors (Lipinski definition) is 1. The molecule has 21 heavy (non-hydrogen) atoms. The van der Waals surface area contributed by atoms with E-state index in [1.165, 1.54) is 11.1 Å². The maximum atomic E-state index is 6.01. The quantitative estimate of drug-likeness (QED) is 0.895. The summed E-state index contributed by atoms with van der Waals surface area (Å²) in [5.41, 5.74) is 3.55. The third-order valence-corrected chi connectivity index (χ3v) is 3.40. The lowest BCUT2D eigenvalue weighted by atomic mass is 10.1. The molecule has 0 aliphatic heterocycles. The topological polar surface area (TPSA) is 47.0 Å². The van der Waals surface area contributed by atoms with Crippen LogP contribution in [-0.4, -0.2) is 16.5 Å². The normalized spacial score (nSPS) is 10.5. The van der Waals surface area contributed by atoms with Crippen LogP contribution >= 0.6 is 0 Å². The van der Waals surface area contributed by atoms with Gasteiger partial charge in [-0.1, -0.05) is 13.0 Å². The molecule has 2 rings (SSSR count). The average molecular weight is 285 g/mol. The molecule has 0 radical (unpaired) electrons. The van der Waals surface area contributed by atoms with Gasteiger partial charge in [0, 0.05) is 19.0 Å². The van der Waals surface area contributed by atoms with E-state index in [-0.39, 0.29) is 0 Å². The van der Waals surface area contributed by atoms with Gasteiger partial charge in [-0.15, -0.1) is 0 Å². The molecule has 4 heteroatoms. The number of benzene rings is 1. The Morgan fingerprint density at radius 3 is 2.48 bits per heavy atom. The minimum absolute atomic E-state index is 0.589. The summed E-state index contributed by atoms with van der Waals surface area (Å²) >= 11 is 0. The third kappa shape index (κ3) is 3.72. The van der Waals surface area contributed by atoms with E-state index < -0.39 is 0 Å². The highest BCUT2D eigenvalue weighted by atomic mass is 16.5. The first-order valence-electron chi connectivity index (χ1n) is 7.41. The smallest absolute Gasteiger partial charge is 0.224 e. The number of rotatable bonds is 5. The fourth-order valence-corrected chi connectivity index (χ4v) is 2.17. The van der Waals surface area contributed by atoms with E-state index in [4.69, 9.17) is 4.74 Å². The summed E-state index contributed by atoms with van der Waals surface area (Å²) in [6.45, 7) is 11.1.